The van der Waals surface area contributed by atoms with Gasteiger partial charge in [0.1, 0.15) is 5.82 Å². The standard InChI is InChI=1S/C21H31FN4O4S/c22-17-7-9-18(10-8-17)31(29,30)26-15-3-14-25(21(26)20(28)24-13-12-23)19(27)11-6-16-4-1-2-5-16/h7-10,16,21H,1-6,11-15,23H2,(H,24,28). The molecule has 1 aliphatic carbocycles. The number of amides is 2. The van der Waals surface area contributed by atoms with E-state index in [0.717, 1.165) is 35.7 Å². The van der Waals surface area contributed by atoms with Crippen LogP contribution in [-0.2, 0) is 19.6 Å². The first-order valence-corrected chi connectivity index (χ1v) is 12.3. The summed E-state index contributed by atoms with van der Waals surface area (Å²) in [6.45, 7) is 0.759. The van der Waals surface area contributed by atoms with E-state index in [-0.39, 0.29) is 36.9 Å². The van der Waals surface area contributed by atoms with E-state index in [1.54, 1.807) is 0 Å². The van der Waals surface area contributed by atoms with Crippen molar-refractivity contribution in [2.24, 2.45) is 11.7 Å². The average Bonchev–Trinajstić information content (AvgIpc) is 3.29. The fourth-order valence-corrected chi connectivity index (χ4v) is 5.97. The zero-order chi connectivity index (χ0) is 22.4. The van der Waals surface area contributed by atoms with Gasteiger partial charge in [0, 0.05) is 32.6 Å². The first-order chi connectivity index (χ1) is 14.8. The third-order valence-electron chi connectivity index (χ3n) is 6.01. The highest BCUT2D eigenvalue weighted by Crippen LogP contribution is 2.30. The second-order valence-electron chi connectivity index (χ2n) is 8.15. The lowest BCUT2D eigenvalue weighted by Crippen LogP contribution is -2.63. The minimum absolute atomic E-state index is 0.0901. The van der Waals surface area contributed by atoms with E-state index in [9.17, 15) is 22.4 Å². The highest BCUT2D eigenvalue weighted by Gasteiger charge is 2.43. The van der Waals surface area contributed by atoms with Gasteiger partial charge in [0.05, 0.1) is 4.90 Å². The van der Waals surface area contributed by atoms with Crippen LogP contribution in [0.5, 0.6) is 0 Å². The van der Waals surface area contributed by atoms with Crippen LogP contribution in [0.25, 0.3) is 0 Å². The summed E-state index contributed by atoms with van der Waals surface area (Å²) in [6, 6.07) is 4.45. The lowest BCUT2D eigenvalue weighted by atomic mass is 10.0. The zero-order valence-electron chi connectivity index (χ0n) is 17.6. The summed E-state index contributed by atoms with van der Waals surface area (Å²) in [6.07, 6.45) is 4.74. The molecule has 0 bridgehead atoms. The molecule has 1 saturated heterocycles. The molecule has 10 heteroatoms. The molecule has 0 radical (unpaired) electrons. The van der Waals surface area contributed by atoms with Crippen molar-refractivity contribution in [3.8, 4) is 0 Å². The number of carbonyl (C=O) groups is 2. The SMILES string of the molecule is NCCNC(=O)C1N(C(=O)CCC2CCCC2)CCCN1S(=O)(=O)c1ccc(F)cc1. The van der Waals surface area contributed by atoms with Crippen LogP contribution >= 0.6 is 0 Å². The molecule has 0 aromatic heterocycles. The normalized spacial score (nSPS) is 20.7. The number of nitrogens with one attached hydrogen (secondary N) is 1. The molecule has 2 aliphatic rings. The van der Waals surface area contributed by atoms with Crippen molar-refractivity contribution in [3.63, 3.8) is 0 Å². The predicted octanol–water partition coefficient (Wildman–Crippen LogP) is 1.42. The lowest BCUT2D eigenvalue weighted by Gasteiger charge is -2.42. The molecule has 8 nitrogen and oxygen atoms in total. The van der Waals surface area contributed by atoms with Crippen molar-refractivity contribution in [2.45, 2.75) is 56.0 Å². The van der Waals surface area contributed by atoms with E-state index in [1.807, 2.05) is 0 Å². The van der Waals surface area contributed by atoms with Crippen LogP contribution in [0.15, 0.2) is 29.2 Å². The second kappa shape index (κ2) is 10.5. The number of rotatable bonds is 8. The van der Waals surface area contributed by atoms with Crippen molar-refractivity contribution in [1.82, 2.24) is 14.5 Å². The molecule has 1 unspecified atom stereocenters. The van der Waals surface area contributed by atoms with Crippen molar-refractivity contribution >= 4 is 21.8 Å². The monoisotopic (exact) mass is 454 g/mol. The van der Waals surface area contributed by atoms with Gasteiger partial charge in [-0.1, -0.05) is 25.7 Å². The molecule has 0 spiro atoms. The Morgan fingerprint density at radius 1 is 1.10 bits per heavy atom. The summed E-state index contributed by atoms with van der Waals surface area (Å²) < 4.78 is 40.9. The number of carbonyl (C=O) groups excluding carboxylic acids is 2. The Balaban J connectivity index is 1.84. The van der Waals surface area contributed by atoms with Gasteiger partial charge in [-0.15, -0.1) is 0 Å². The molecule has 1 saturated carbocycles. The van der Waals surface area contributed by atoms with E-state index in [1.165, 1.54) is 29.9 Å². The second-order valence-corrected chi connectivity index (χ2v) is 10.0. The number of benzene rings is 1. The number of nitrogens with two attached hydrogens (primary N) is 1. The Morgan fingerprint density at radius 2 is 1.77 bits per heavy atom. The highest BCUT2D eigenvalue weighted by atomic mass is 32.2. The fraction of sp³-hybridized carbons (Fsp3) is 0.619. The van der Waals surface area contributed by atoms with Gasteiger partial charge in [-0.05, 0) is 43.0 Å². The maximum Gasteiger partial charge on any atom is 0.259 e. The van der Waals surface area contributed by atoms with E-state index in [0.29, 0.717) is 18.9 Å². The Bertz CT molecular complexity index is 872. The van der Waals surface area contributed by atoms with Gasteiger partial charge in [-0.25, -0.2) is 12.8 Å². The number of nitrogens with zero attached hydrogens (tertiary/aromatic N) is 2. The smallest absolute Gasteiger partial charge is 0.259 e. The fourth-order valence-electron chi connectivity index (χ4n) is 4.38. The largest absolute Gasteiger partial charge is 0.352 e. The van der Waals surface area contributed by atoms with Crippen LogP contribution in [-0.4, -0.2) is 61.8 Å². The third kappa shape index (κ3) is 5.61. The molecular weight excluding hydrogens is 423 g/mol. The molecular formula is C21H31FN4O4S. The van der Waals surface area contributed by atoms with Gasteiger partial charge < -0.3 is 16.0 Å². The Hall–Kier alpha value is -2.04. The Labute approximate surface area is 183 Å². The summed E-state index contributed by atoms with van der Waals surface area (Å²) in [4.78, 5) is 27.2. The molecule has 1 heterocycles. The molecule has 2 amide bonds. The predicted molar refractivity (Wildman–Crippen MR) is 114 cm³/mol. The first kappa shape index (κ1) is 23.6. The summed E-state index contributed by atoms with van der Waals surface area (Å²) >= 11 is 0. The molecule has 31 heavy (non-hydrogen) atoms. The van der Waals surface area contributed by atoms with Gasteiger partial charge >= 0.3 is 0 Å². The maximum absolute atomic E-state index is 13.3. The summed E-state index contributed by atoms with van der Waals surface area (Å²) in [7, 11) is -4.11. The maximum atomic E-state index is 13.3. The van der Waals surface area contributed by atoms with Crippen LogP contribution in [0.3, 0.4) is 0 Å². The Morgan fingerprint density at radius 3 is 2.42 bits per heavy atom. The van der Waals surface area contributed by atoms with Crippen LogP contribution in [0.4, 0.5) is 4.39 Å². The van der Waals surface area contributed by atoms with Crippen LogP contribution in [0.2, 0.25) is 0 Å². The van der Waals surface area contributed by atoms with Gasteiger partial charge in [-0.2, -0.15) is 4.31 Å². The number of hydrogen-bond acceptors (Lipinski definition) is 5. The molecule has 1 aromatic rings. The minimum Gasteiger partial charge on any atom is -0.352 e. The topological polar surface area (TPSA) is 113 Å². The molecule has 1 aromatic carbocycles. The van der Waals surface area contributed by atoms with Crippen LogP contribution in [0, 0.1) is 11.7 Å². The summed E-state index contributed by atoms with van der Waals surface area (Å²) in [5, 5.41) is 2.62. The minimum atomic E-state index is -4.11. The van der Waals surface area contributed by atoms with Gasteiger partial charge in [-0.3, -0.25) is 9.59 Å². The van der Waals surface area contributed by atoms with E-state index in [2.05, 4.69) is 5.32 Å². The summed E-state index contributed by atoms with van der Waals surface area (Å²) in [5.41, 5.74) is 5.48. The Kier molecular flexibility index (Phi) is 8.01. The van der Waals surface area contributed by atoms with Crippen LogP contribution in [0.1, 0.15) is 44.9 Å². The van der Waals surface area contributed by atoms with E-state index < -0.39 is 27.9 Å². The summed E-state index contributed by atoms with van der Waals surface area (Å²) in [5.74, 6) is -0.847. The first-order valence-electron chi connectivity index (χ1n) is 10.9. The molecule has 1 atom stereocenters. The van der Waals surface area contributed by atoms with Crippen LogP contribution < -0.4 is 11.1 Å². The zero-order valence-corrected chi connectivity index (χ0v) is 18.4. The van der Waals surface area contributed by atoms with Gasteiger partial charge in [0.15, 0.2) is 6.17 Å². The van der Waals surface area contributed by atoms with E-state index >= 15 is 0 Å². The average molecular weight is 455 g/mol. The number of halogens is 1. The van der Waals surface area contributed by atoms with Crippen molar-refractivity contribution in [3.05, 3.63) is 30.1 Å². The number of sulfonamides is 1. The highest BCUT2D eigenvalue weighted by molar-refractivity contribution is 7.89. The number of hydrogen-bond donors (Lipinski definition) is 2. The van der Waals surface area contributed by atoms with E-state index in [4.69, 9.17) is 5.73 Å². The molecule has 1 aliphatic heterocycles. The quantitative estimate of drug-likeness (QED) is 0.617. The van der Waals surface area contributed by atoms with Gasteiger partial charge in [0.2, 0.25) is 15.9 Å². The molecule has 3 rings (SSSR count). The van der Waals surface area contributed by atoms with Gasteiger partial charge in [0.25, 0.3) is 5.91 Å². The van der Waals surface area contributed by atoms with Crippen molar-refractivity contribution < 1.29 is 22.4 Å². The third-order valence-corrected chi connectivity index (χ3v) is 7.87. The molecule has 2 fully saturated rings. The lowest BCUT2D eigenvalue weighted by molar-refractivity contribution is -0.147. The molecule has 172 valence electrons. The molecule has 3 N–H and O–H groups in total. The van der Waals surface area contributed by atoms with Crippen molar-refractivity contribution in [2.75, 3.05) is 26.2 Å². The van der Waals surface area contributed by atoms with Crippen molar-refractivity contribution in [1.29, 1.82) is 0 Å².